The summed E-state index contributed by atoms with van der Waals surface area (Å²) in [5, 5.41) is 0. The first-order chi connectivity index (χ1) is 8.22. The van der Waals surface area contributed by atoms with E-state index >= 15 is 0 Å². The van der Waals surface area contributed by atoms with E-state index in [-0.39, 0.29) is 5.95 Å². The number of fused-ring (bicyclic) bond motifs is 1. The number of benzene rings is 1. The molecular formula is C13H14N4. The van der Waals surface area contributed by atoms with Gasteiger partial charge in [-0.1, -0.05) is 12.1 Å². The molecule has 4 nitrogen and oxygen atoms in total. The zero-order valence-corrected chi connectivity index (χ0v) is 9.77. The predicted octanol–water partition coefficient (Wildman–Crippen LogP) is 1.92. The van der Waals surface area contributed by atoms with Crippen LogP contribution < -0.4 is 5.73 Å². The summed E-state index contributed by atoms with van der Waals surface area (Å²) in [7, 11) is 0. The number of hydrogen-bond donors (Lipinski definition) is 1. The molecule has 2 aromatic rings. The fourth-order valence-corrected chi connectivity index (χ4v) is 2.34. The lowest BCUT2D eigenvalue weighted by Crippen LogP contribution is -2.02. The summed E-state index contributed by atoms with van der Waals surface area (Å²) in [6, 6.07) is 6.42. The highest BCUT2D eigenvalue weighted by atomic mass is 15.1. The second kappa shape index (κ2) is 3.80. The minimum absolute atomic E-state index is 0.285. The summed E-state index contributed by atoms with van der Waals surface area (Å²) in [6.45, 7) is 1.83. The van der Waals surface area contributed by atoms with E-state index in [1.54, 1.807) is 0 Å². The average Bonchev–Trinajstić information content (AvgIpc) is 2.74. The Morgan fingerprint density at radius 2 is 1.88 bits per heavy atom. The lowest BCUT2D eigenvalue weighted by Gasteiger charge is -2.05. The molecule has 0 saturated carbocycles. The number of nitrogen functional groups attached to an aromatic ring is 1. The van der Waals surface area contributed by atoms with Crippen LogP contribution >= 0.6 is 0 Å². The van der Waals surface area contributed by atoms with Gasteiger partial charge in [0.25, 0.3) is 0 Å². The van der Waals surface area contributed by atoms with Crippen molar-refractivity contribution in [3.05, 3.63) is 35.2 Å². The monoisotopic (exact) mass is 226 g/mol. The Kier molecular flexibility index (Phi) is 2.28. The fourth-order valence-electron chi connectivity index (χ4n) is 2.34. The average molecular weight is 226 g/mol. The summed E-state index contributed by atoms with van der Waals surface area (Å²) in [6.07, 6.45) is 3.59. The summed E-state index contributed by atoms with van der Waals surface area (Å²) in [5.41, 5.74) is 9.55. The third-order valence-corrected chi connectivity index (χ3v) is 3.12. The van der Waals surface area contributed by atoms with E-state index in [1.165, 1.54) is 24.0 Å². The number of aromatic nitrogens is 3. The van der Waals surface area contributed by atoms with E-state index in [9.17, 15) is 0 Å². The second-order valence-electron chi connectivity index (χ2n) is 4.40. The third kappa shape index (κ3) is 1.86. The summed E-state index contributed by atoms with van der Waals surface area (Å²) in [4.78, 5) is 12.5. The van der Waals surface area contributed by atoms with Gasteiger partial charge in [0.05, 0.1) is 0 Å². The number of nitrogens with two attached hydrogens (primary N) is 1. The minimum Gasteiger partial charge on any atom is -0.368 e. The largest absolute Gasteiger partial charge is 0.368 e. The molecule has 1 aliphatic carbocycles. The lowest BCUT2D eigenvalue weighted by molar-refractivity contribution is 0.911. The molecule has 0 amide bonds. The van der Waals surface area contributed by atoms with Crippen LogP contribution in [0.25, 0.3) is 11.4 Å². The van der Waals surface area contributed by atoms with E-state index in [2.05, 4.69) is 33.2 Å². The van der Waals surface area contributed by atoms with Gasteiger partial charge in [-0.3, -0.25) is 0 Å². The van der Waals surface area contributed by atoms with Gasteiger partial charge in [-0.05, 0) is 43.4 Å². The number of nitrogens with zero attached hydrogens (tertiary/aromatic N) is 3. The minimum atomic E-state index is 0.285. The Bertz CT molecular complexity index is 557. The molecule has 86 valence electrons. The first-order valence-electron chi connectivity index (χ1n) is 5.83. The van der Waals surface area contributed by atoms with Gasteiger partial charge in [-0.25, -0.2) is 4.98 Å². The normalized spacial score (nSPS) is 13.7. The molecule has 0 fully saturated rings. The van der Waals surface area contributed by atoms with Gasteiger partial charge in [-0.15, -0.1) is 0 Å². The molecule has 1 aliphatic rings. The highest BCUT2D eigenvalue weighted by Crippen LogP contribution is 2.26. The zero-order chi connectivity index (χ0) is 11.8. The maximum absolute atomic E-state index is 5.65. The highest BCUT2D eigenvalue weighted by molar-refractivity contribution is 5.58. The van der Waals surface area contributed by atoms with Crippen molar-refractivity contribution in [3.63, 3.8) is 0 Å². The number of anilines is 1. The lowest BCUT2D eigenvalue weighted by atomic mass is 10.1. The maximum Gasteiger partial charge on any atom is 0.223 e. The van der Waals surface area contributed by atoms with Crippen LogP contribution in [0.2, 0.25) is 0 Å². The Hall–Kier alpha value is -1.97. The maximum atomic E-state index is 5.65. The molecule has 0 radical (unpaired) electrons. The SMILES string of the molecule is Cc1nc(N)nc(-c2ccc3c(c2)CCC3)n1. The molecule has 1 aromatic heterocycles. The van der Waals surface area contributed by atoms with Gasteiger partial charge >= 0.3 is 0 Å². The first-order valence-corrected chi connectivity index (χ1v) is 5.83. The van der Waals surface area contributed by atoms with Crippen LogP contribution in [0.3, 0.4) is 0 Å². The first kappa shape index (κ1) is 10.2. The van der Waals surface area contributed by atoms with E-state index in [0.29, 0.717) is 11.6 Å². The van der Waals surface area contributed by atoms with Crippen LogP contribution in [0.15, 0.2) is 18.2 Å². The van der Waals surface area contributed by atoms with E-state index < -0.39 is 0 Å². The molecule has 1 aromatic carbocycles. The number of aryl methyl sites for hydroxylation is 3. The third-order valence-electron chi connectivity index (χ3n) is 3.12. The molecule has 17 heavy (non-hydrogen) atoms. The molecule has 4 heteroatoms. The van der Waals surface area contributed by atoms with E-state index in [1.807, 2.05) is 6.92 Å². The summed E-state index contributed by atoms with van der Waals surface area (Å²) < 4.78 is 0. The highest BCUT2D eigenvalue weighted by Gasteiger charge is 2.12. The van der Waals surface area contributed by atoms with Crippen molar-refractivity contribution in [3.8, 4) is 11.4 Å². The molecule has 3 rings (SSSR count). The molecule has 0 atom stereocenters. The molecule has 0 unspecified atom stereocenters. The van der Waals surface area contributed by atoms with Crippen LogP contribution in [-0.2, 0) is 12.8 Å². The van der Waals surface area contributed by atoms with Crippen LogP contribution in [0, 0.1) is 6.92 Å². The fraction of sp³-hybridized carbons (Fsp3) is 0.308. The van der Waals surface area contributed by atoms with Crippen molar-refractivity contribution in [1.29, 1.82) is 0 Å². The molecule has 2 N–H and O–H groups in total. The standard InChI is InChI=1S/C13H14N4/c1-8-15-12(17-13(14)16-8)11-6-5-9-3-2-4-10(9)7-11/h5-7H,2-4H2,1H3,(H2,14,15,16,17). The van der Waals surface area contributed by atoms with Crippen molar-refractivity contribution in [2.75, 3.05) is 5.73 Å². The zero-order valence-electron chi connectivity index (χ0n) is 9.77. The van der Waals surface area contributed by atoms with Crippen LogP contribution in [0.1, 0.15) is 23.4 Å². The van der Waals surface area contributed by atoms with E-state index in [0.717, 1.165) is 12.0 Å². The van der Waals surface area contributed by atoms with Gasteiger partial charge in [0, 0.05) is 5.56 Å². The van der Waals surface area contributed by atoms with Crippen molar-refractivity contribution >= 4 is 5.95 Å². The van der Waals surface area contributed by atoms with Crippen LogP contribution in [0.4, 0.5) is 5.95 Å². The van der Waals surface area contributed by atoms with Gasteiger partial charge < -0.3 is 5.73 Å². The van der Waals surface area contributed by atoms with Gasteiger partial charge in [0.2, 0.25) is 5.95 Å². The Balaban J connectivity index is 2.09. The molecule has 0 aliphatic heterocycles. The van der Waals surface area contributed by atoms with Gasteiger partial charge in [0.1, 0.15) is 5.82 Å². The molecule has 1 heterocycles. The number of hydrogen-bond acceptors (Lipinski definition) is 4. The predicted molar refractivity (Wildman–Crippen MR) is 66.4 cm³/mol. The summed E-state index contributed by atoms with van der Waals surface area (Å²) in [5.74, 6) is 1.62. The summed E-state index contributed by atoms with van der Waals surface area (Å²) >= 11 is 0. The van der Waals surface area contributed by atoms with Crippen molar-refractivity contribution in [2.45, 2.75) is 26.2 Å². The topological polar surface area (TPSA) is 64.7 Å². The van der Waals surface area contributed by atoms with Gasteiger partial charge in [-0.2, -0.15) is 9.97 Å². The molecule has 0 spiro atoms. The second-order valence-corrected chi connectivity index (χ2v) is 4.40. The number of rotatable bonds is 1. The van der Waals surface area contributed by atoms with E-state index in [4.69, 9.17) is 5.73 Å². The van der Waals surface area contributed by atoms with Gasteiger partial charge in [0.15, 0.2) is 5.82 Å². The van der Waals surface area contributed by atoms with Crippen molar-refractivity contribution in [2.24, 2.45) is 0 Å². The quantitative estimate of drug-likeness (QED) is 0.806. The molecule has 0 saturated heterocycles. The molecule has 0 bridgehead atoms. The van der Waals surface area contributed by atoms with Crippen LogP contribution in [-0.4, -0.2) is 15.0 Å². The Morgan fingerprint density at radius 3 is 2.71 bits per heavy atom. The van der Waals surface area contributed by atoms with Crippen molar-refractivity contribution < 1.29 is 0 Å². The van der Waals surface area contributed by atoms with Crippen molar-refractivity contribution in [1.82, 2.24) is 15.0 Å². The van der Waals surface area contributed by atoms with Crippen LogP contribution in [0.5, 0.6) is 0 Å². The molecular weight excluding hydrogens is 212 g/mol. The Labute approximate surface area is 99.9 Å². The Morgan fingerprint density at radius 1 is 1.06 bits per heavy atom. The smallest absolute Gasteiger partial charge is 0.223 e.